The smallest absolute Gasteiger partial charge is 0.409 e. The number of carbonyl (C=O) groups is 4. The maximum Gasteiger partial charge on any atom is 0.409 e. The van der Waals surface area contributed by atoms with E-state index in [1.54, 1.807) is 29.2 Å². The number of hydrogen-bond acceptors (Lipinski definition) is 7. The van der Waals surface area contributed by atoms with Crippen molar-refractivity contribution in [1.29, 1.82) is 0 Å². The molecule has 3 aliphatic rings. The van der Waals surface area contributed by atoms with Crippen molar-refractivity contribution >= 4 is 29.5 Å². The van der Waals surface area contributed by atoms with Gasteiger partial charge in [0.05, 0.1) is 0 Å². The number of likely N-dealkylation sites (tertiary alicyclic amines) is 1. The zero-order valence-electron chi connectivity index (χ0n) is 20.8. The highest BCUT2D eigenvalue weighted by Gasteiger charge is 2.39. The fraction of sp³-hybridized carbons (Fsp3) is 0.407. The summed E-state index contributed by atoms with van der Waals surface area (Å²) in [6.07, 6.45) is 2.08. The summed E-state index contributed by atoms with van der Waals surface area (Å²) in [4.78, 5) is 51.9. The molecule has 4 amide bonds. The van der Waals surface area contributed by atoms with Crippen LogP contribution in [0.4, 0.5) is 14.9 Å². The number of halogens is 1. The van der Waals surface area contributed by atoms with Gasteiger partial charge in [-0.25, -0.2) is 9.18 Å². The summed E-state index contributed by atoms with van der Waals surface area (Å²) in [5.74, 6) is -1.06. The van der Waals surface area contributed by atoms with Crippen LogP contribution < -0.4 is 15.4 Å². The van der Waals surface area contributed by atoms with Crippen LogP contribution >= 0.6 is 0 Å². The SMILES string of the molecule is O=C1CC[C@H](N2Cc3c(NCc4cc(OCCOC(=O)N5CCCC5)ccc4F)cccc3C2=O)C(=O)N1. The minimum atomic E-state index is -0.707. The van der Waals surface area contributed by atoms with Gasteiger partial charge in [0.25, 0.3) is 5.91 Å². The van der Waals surface area contributed by atoms with Crippen LogP contribution in [0.5, 0.6) is 5.75 Å². The zero-order valence-corrected chi connectivity index (χ0v) is 20.8. The Morgan fingerprint density at radius 1 is 1.11 bits per heavy atom. The summed E-state index contributed by atoms with van der Waals surface area (Å²) in [6, 6.07) is 8.92. The number of benzene rings is 2. The third-order valence-electron chi connectivity index (χ3n) is 7.01. The van der Waals surface area contributed by atoms with E-state index in [-0.39, 0.29) is 57.1 Å². The summed E-state index contributed by atoms with van der Waals surface area (Å²) in [7, 11) is 0. The molecule has 3 aliphatic heterocycles. The molecule has 11 heteroatoms. The minimum Gasteiger partial charge on any atom is -0.490 e. The molecule has 0 bridgehead atoms. The normalized spacial score (nSPS) is 18.9. The molecule has 2 saturated heterocycles. The molecule has 0 spiro atoms. The van der Waals surface area contributed by atoms with Crippen molar-refractivity contribution < 1.29 is 33.0 Å². The van der Waals surface area contributed by atoms with Gasteiger partial charge in [-0.3, -0.25) is 19.7 Å². The van der Waals surface area contributed by atoms with Crippen LogP contribution in [0.1, 0.15) is 47.2 Å². The number of imide groups is 1. The van der Waals surface area contributed by atoms with E-state index in [1.165, 1.54) is 17.0 Å². The maximum atomic E-state index is 14.6. The third kappa shape index (κ3) is 5.41. The van der Waals surface area contributed by atoms with E-state index in [1.807, 2.05) is 0 Å². The van der Waals surface area contributed by atoms with Gasteiger partial charge in [-0.1, -0.05) is 6.07 Å². The number of fused-ring (bicyclic) bond motifs is 1. The van der Waals surface area contributed by atoms with Gasteiger partial charge in [0.1, 0.15) is 30.8 Å². The molecule has 2 aromatic rings. The monoisotopic (exact) mass is 524 g/mol. The van der Waals surface area contributed by atoms with E-state index in [2.05, 4.69) is 10.6 Å². The van der Waals surface area contributed by atoms with Crippen molar-refractivity contribution in [3.8, 4) is 5.75 Å². The van der Waals surface area contributed by atoms with Crippen LogP contribution in [0.15, 0.2) is 36.4 Å². The molecule has 0 aliphatic carbocycles. The van der Waals surface area contributed by atoms with Gasteiger partial charge in [0, 0.05) is 55.0 Å². The van der Waals surface area contributed by atoms with E-state index in [0.717, 1.165) is 18.4 Å². The van der Waals surface area contributed by atoms with Crippen molar-refractivity contribution in [3.05, 3.63) is 58.9 Å². The van der Waals surface area contributed by atoms with Gasteiger partial charge in [0.15, 0.2) is 0 Å². The minimum absolute atomic E-state index is 0.0914. The predicted octanol–water partition coefficient (Wildman–Crippen LogP) is 2.81. The molecule has 0 saturated carbocycles. The number of anilines is 1. The van der Waals surface area contributed by atoms with Gasteiger partial charge in [-0.05, 0) is 49.6 Å². The molecule has 1 atom stereocenters. The molecule has 2 N–H and O–H groups in total. The summed E-state index contributed by atoms with van der Waals surface area (Å²) < 4.78 is 25.4. The fourth-order valence-corrected chi connectivity index (χ4v) is 5.00. The summed E-state index contributed by atoms with van der Waals surface area (Å²) in [5.41, 5.74) is 2.21. The van der Waals surface area contributed by atoms with Crippen LogP contribution in [-0.4, -0.2) is 66.0 Å². The second kappa shape index (κ2) is 11.1. The fourth-order valence-electron chi connectivity index (χ4n) is 5.00. The lowest BCUT2D eigenvalue weighted by molar-refractivity contribution is -0.136. The van der Waals surface area contributed by atoms with Crippen molar-refractivity contribution in [2.24, 2.45) is 0 Å². The van der Waals surface area contributed by atoms with Crippen molar-refractivity contribution in [2.75, 3.05) is 31.6 Å². The molecule has 0 unspecified atom stereocenters. The number of piperidine rings is 1. The zero-order chi connectivity index (χ0) is 26.6. The highest BCUT2D eigenvalue weighted by molar-refractivity contribution is 6.06. The first-order valence-electron chi connectivity index (χ1n) is 12.7. The molecule has 2 aromatic carbocycles. The van der Waals surface area contributed by atoms with Crippen molar-refractivity contribution in [2.45, 2.75) is 44.8 Å². The second-order valence-electron chi connectivity index (χ2n) is 9.50. The standard InChI is InChI=1S/C27H29FN4O6/c28-21-7-6-18(37-12-13-38-27(36)31-10-1-2-11-31)14-17(21)15-29-22-5-3-4-19-20(22)16-32(26(19)35)23-8-9-24(33)30-25(23)34/h3-7,14,23,29H,1-2,8-13,15-16H2,(H,30,33,34)/t23-/m0/s1. The van der Waals surface area contributed by atoms with Crippen molar-refractivity contribution in [1.82, 2.24) is 15.1 Å². The lowest BCUT2D eigenvalue weighted by atomic mass is 10.0. The Morgan fingerprint density at radius 3 is 2.71 bits per heavy atom. The lowest BCUT2D eigenvalue weighted by Gasteiger charge is -2.29. The second-order valence-corrected chi connectivity index (χ2v) is 9.50. The molecule has 0 radical (unpaired) electrons. The Hall–Kier alpha value is -4.15. The molecule has 5 rings (SSSR count). The number of nitrogens with zero attached hydrogens (tertiary/aromatic N) is 2. The molecular weight excluding hydrogens is 495 g/mol. The van der Waals surface area contributed by atoms with Gasteiger partial charge in [0.2, 0.25) is 11.8 Å². The Labute approximate surface area is 219 Å². The summed E-state index contributed by atoms with van der Waals surface area (Å²) in [6.45, 7) is 2.00. The first-order chi connectivity index (χ1) is 18.4. The van der Waals surface area contributed by atoms with Crippen LogP contribution in [0.2, 0.25) is 0 Å². The summed E-state index contributed by atoms with van der Waals surface area (Å²) in [5, 5.41) is 5.50. The molecule has 3 heterocycles. The topological polar surface area (TPSA) is 117 Å². The molecular formula is C27H29FN4O6. The predicted molar refractivity (Wildman–Crippen MR) is 134 cm³/mol. The van der Waals surface area contributed by atoms with Gasteiger partial charge in [-0.2, -0.15) is 0 Å². The number of hydrogen-bond donors (Lipinski definition) is 2. The third-order valence-corrected chi connectivity index (χ3v) is 7.01. The maximum absolute atomic E-state index is 14.6. The van der Waals surface area contributed by atoms with Gasteiger partial charge >= 0.3 is 6.09 Å². The van der Waals surface area contributed by atoms with E-state index in [4.69, 9.17) is 9.47 Å². The number of nitrogens with one attached hydrogen (secondary N) is 2. The molecule has 10 nitrogen and oxygen atoms in total. The Bertz CT molecular complexity index is 1260. The van der Waals surface area contributed by atoms with Gasteiger partial charge in [-0.15, -0.1) is 0 Å². The van der Waals surface area contributed by atoms with Crippen LogP contribution in [0, 0.1) is 5.82 Å². The largest absolute Gasteiger partial charge is 0.490 e. The highest BCUT2D eigenvalue weighted by Crippen LogP contribution is 2.32. The number of ether oxygens (including phenoxy) is 2. The van der Waals surface area contributed by atoms with Gasteiger partial charge < -0.3 is 24.6 Å². The van der Waals surface area contributed by atoms with Crippen LogP contribution in [-0.2, 0) is 27.4 Å². The highest BCUT2D eigenvalue weighted by atomic mass is 19.1. The Kier molecular flexibility index (Phi) is 7.43. The summed E-state index contributed by atoms with van der Waals surface area (Å²) >= 11 is 0. The van der Waals surface area contributed by atoms with E-state index in [0.29, 0.717) is 35.7 Å². The first kappa shape index (κ1) is 25.5. The number of amides is 4. The Morgan fingerprint density at radius 2 is 1.92 bits per heavy atom. The number of carbonyl (C=O) groups excluding carboxylic acids is 4. The molecule has 38 heavy (non-hydrogen) atoms. The van der Waals surface area contributed by atoms with E-state index < -0.39 is 17.8 Å². The molecule has 2 fully saturated rings. The van der Waals surface area contributed by atoms with Crippen LogP contribution in [0.3, 0.4) is 0 Å². The van der Waals surface area contributed by atoms with Crippen LogP contribution in [0.25, 0.3) is 0 Å². The quantitative estimate of drug-likeness (QED) is 0.403. The first-order valence-corrected chi connectivity index (χ1v) is 12.7. The molecule has 200 valence electrons. The van der Waals surface area contributed by atoms with E-state index >= 15 is 0 Å². The Balaban J connectivity index is 1.18. The molecule has 0 aromatic heterocycles. The number of rotatable bonds is 8. The average Bonchev–Trinajstić information content (AvgIpc) is 3.56. The average molecular weight is 525 g/mol. The van der Waals surface area contributed by atoms with Crippen molar-refractivity contribution in [3.63, 3.8) is 0 Å². The van der Waals surface area contributed by atoms with E-state index in [9.17, 15) is 23.6 Å². The lowest BCUT2D eigenvalue weighted by Crippen LogP contribution is -2.52.